The topological polar surface area (TPSA) is 108 Å². The molecule has 10 heteroatoms. The minimum atomic E-state index is -0.479. The molecule has 0 atom stereocenters. The molecule has 38 heavy (non-hydrogen) atoms. The van der Waals surface area contributed by atoms with Gasteiger partial charge in [0.05, 0.1) is 42.7 Å². The molecular weight excluding hydrogens is 485 g/mol. The van der Waals surface area contributed by atoms with Gasteiger partial charge in [-0.1, -0.05) is 31.2 Å². The van der Waals surface area contributed by atoms with E-state index in [1.807, 2.05) is 60.4 Å². The lowest BCUT2D eigenvalue weighted by Crippen LogP contribution is -2.37. The first-order valence-electron chi connectivity index (χ1n) is 12.4. The van der Waals surface area contributed by atoms with Crippen LogP contribution in [-0.2, 0) is 11.2 Å². The number of hydrogen-bond acceptors (Lipinski definition) is 9. The van der Waals surface area contributed by atoms with Crippen molar-refractivity contribution in [3.05, 3.63) is 84.1 Å². The highest BCUT2D eigenvalue weighted by Crippen LogP contribution is 2.27. The van der Waals surface area contributed by atoms with Crippen LogP contribution < -0.4 is 15.6 Å². The van der Waals surface area contributed by atoms with Crippen LogP contribution in [0.3, 0.4) is 0 Å². The number of halogens is 1. The Morgan fingerprint density at radius 2 is 1.87 bits per heavy atom. The van der Waals surface area contributed by atoms with Gasteiger partial charge in [-0.3, -0.25) is 0 Å². The molecule has 0 unspecified atom stereocenters. The van der Waals surface area contributed by atoms with Crippen LogP contribution in [0.1, 0.15) is 18.3 Å². The van der Waals surface area contributed by atoms with Crippen molar-refractivity contribution in [2.24, 2.45) is 5.10 Å². The summed E-state index contributed by atoms with van der Waals surface area (Å²) in [6.45, 7) is 4.25. The second-order valence-corrected chi connectivity index (χ2v) is 8.67. The second-order valence-electron chi connectivity index (χ2n) is 8.67. The maximum absolute atomic E-state index is 14.2. The molecule has 0 spiro atoms. The molecule has 1 fully saturated rings. The van der Waals surface area contributed by atoms with Crippen molar-refractivity contribution in [1.29, 1.82) is 0 Å². The molecule has 0 aliphatic carbocycles. The molecule has 9 nitrogen and oxygen atoms in total. The van der Waals surface area contributed by atoms with Gasteiger partial charge < -0.3 is 20.1 Å². The molecule has 3 heterocycles. The SMILES string of the molecule is CCc1nc(/C=N/Nc2ncc(F)c(N3CCOCC3)n2)ccc1Nc1ccc(-c2cccc(O)c2)cc1. The average molecular weight is 514 g/mol. The van der Waals surface area contributed by atoms with E-state index in [2.05, 4.69) is 25.8 Å². The van der Waals surface area contributed by atoms with Gasteiger partial charge in [0.15, 0.2) is 11.6 Å². The summed E-state index contributed by atoms with van der Waals surface area (Å²) in [5.74, 6) is 0.197. The number of anilines is 4. The minimum Gasteiger partial charge on any atom is -0.508 e. The number of aromatic hydroxyl groups is 1. The van der Waals surface area contributed by atoms with Gasteiger partial charge in [0, 0.05) is 18.8 Å². The summed E-state index contributed by atoms with van der Waals surface area (Å²) in [4.78, 5) is 14.8. The maximum atomic E-state index is 14.2. The van der Waals surface area contributed by atoms with E-state index in [0.29, 0.717) is 32.0 Å². The Labute approximate surface area is 220 Å². The minimum absolute atomic E-state index is 0.201. The number of hydrazone groups is 1. The molecule has 3 N–H and O–H groups in total. The number of ether oxygens (including phenoxy) is 1. The lowest BCUT2D eigenvalue weighted by molar-refractivity contribution is 0.122. The molecule has 0 saturated carbocycles. The summed E-state index contributed by atoms with van der Waals surface area (Å²) in [6, 6.07) is 19.0. The predicted octanol–water partition coefficient (Wildman–Crippen LogP) is 4.97. The van der Waals surface area contributed by atoms with E-state index < -0.39 is 5.82 Å². The van der Waals surface area contributed by atoms with Crippen molar-refractivity contribution >= 4 is 29.4 Å². The zero-order valence-corrected chi connectivity index (χ0v) is 20.9. The molecule has 0 amide bonds. The van der Waals surface area contributed by atoms with Crippen LogP contribution in [0, 0.1) is 5.82 Å². The number of nitrogens with one attached hydrogen (secondary N) is 2. The Hall–Kier alpha value is -4.57. The van der Waals surface area contributed by atoms with E-state index in [1.165, 1.54) is 0 Å². The Bertz CT molecular complexity index is 1420. The van der Waals surface area contributed by atoms with Crippen LogP contribution in [0.5, 0.6) is 5.75 Å². The Morgan fingerprint density at radius 3 is 2.63 bits per heavy atom. The van der Waals surface area contributed by atoms with Gasteiger partial charge >= 0.3 is 0 Å². The molecule has 1 aliphatic heterocycles. The molecule has 1 saturated heterocycles. The van der Waals surface area contributed by atoms with E-state index >= 15 is 0 Å². The highest BCUT2D eigenvalue weighted by molar-refractivity contribution is 5.79. The average Bonchev–Trinajstić information content (AvgIpc) is 2.95. The number of nitrogens with zero attached hydrogens (tertiary/aromatic N) is 5. The maximum Gasteiger partial charge on any atom is 0.245 e. The molecule has 2 aromatic heterocycles. The highest BCUT2D eigenvalue weighted by atomic mass is 19.1. The van der Waals surface area contributed by atoms with Gasteiger partial charge in [0.1, 0.15) is 5.75 Å². The number of phenols is 1. The number of aryl methyl sites for hydroxylation is 1. The fourth-order valence-electron chi connectivity index (χ4n) is 4.13. The van der Waals surface area contributed by atoms with Gasteiger partial charge in [-0.2, -0.15) is 10.1 Å². The molecule has 2 aromatic carbocycles. The van der Waals surface area contributed by atoms with Crippen LogP contribution in [-0.4, -0.2) is 52.6 Å². The van der Waals surface area contributed by atoms with Crippen LogP contribution in [0.2, 0.25) is 0 Å². The van der Waals surface area contributed by atoms with Crippen molar-refractivity contribution in [1.82, 2.24) is 15.0 Å². The number of aromatic nitrogens is 3. The fraction of sp³-hybridized carbons (Fsp3) is 0.214. The van der Waals surface area contributed by atoms with E-state index in [-0.39, 0.29) is 17.5 Å². The largest absolute Gasteiger partial charge is 0.508 e. The molecule has 4 aromatic rings. The van der Waals surface area contributed by atoms with Crippen molar-refractivity contribution in [2.75, 3.05) is 41.9 Å². The Balaban J connectivity index is 1.24. The lowest BCUT2D eigenvalue weighted by atomic mass is 10.1. The number of rotatable bonds is 8. The van der Waals surface area contributed by atoms with E-state index in [4.69, 9.17) is 9.72 Å². The van der Waals surface area contributed by atoms with Gasteiger partial charge in [-0.15, -0.1) is 0 Å². The normalized spacial score (nSPS) is 13.6. The molecule has 5 rings (SSSR count). The first-order chi connectivity index (χ1) is 18.6. The third kappa shape index (κ3) is 6.04. The molecular formula is C28H28FN7O2. The lowest BCUT2D eigenvalue weighted by Gasteiger charge is -2.27. The second kappa shape index (κ2) is 11.7. The molecule has 194 valence electrons. The van der Waals surface area contributed by atoms with E-state index in [0.717, 1.165) is 40.8 Å². The highest BCUT2D eigenvalue weighted by Gasteiger charge is 2.17. The van der Waals surface area contributed by atoms with Crippen molar-refractivity contribution in [2.45, 2.75) is 13.3 Å². The first kappa shape index (κ1) is 25.1. The number of hydrogen-bond donors (Lipinski definition) is 3. The smallest absolute Gasteiger partial charge is 0.245 e. The fourth-order valence-corrected chi connectivity index (χ4v) is 4.13. The third-order valence-corrected chi connectivity index (χ3v) is 6.07. The quantitative estimate of drug-likeness (QED) is 0.224. The number of phenolic OH excluding ortho intramolecular Hbond substituents is 1. The van der Waals surface area contributed by atoms with Crippen LogP contribution in [0.15, 0.2) is 72.0 Å². The summed E-state index contributed by atoms with van der Waals surface area (Å²) in [5, 5.41) is 17.3. The predicted molar refractivity (Wildman–Crippen MR) is 147 cm³/mol. The Morgan fingerprint density at radius 1 is 1.05 bits per heavy atom. The van der Waals surface area contributed by atoms with Crippen LogP contribution in [0.4, 0.5) is 27.5 Å². The van der Waals surface area contributed by atoms with Crippen molar-refractivity contribution in [3.63, 3.8) is 0 Å². The summed E-state index contributed by atoms with van der Waals surface area (Å²) < 4.78 is 19.6. The van der Waals surface area contributed by atoms with Crippen LogP contribution >= 0.6 is 0 Å². The Kier molecular flexibility index (Phi) is 7.70. The summed E-state index contributed by atoms with van der Waals surface area (Å²) in [7, 11) is 0. The van der Waals surface area contributed by atoms with Gasteiger partial charge in [0.25, 0.3) is 0 Å². The van der Waals surface area contributed by atoms with E-state index in [9.17, 15) is 9.50 Å². The van der Waals surface area contributed by atoms with Gasteiger partial charge in [0.2, 0.25) is 5.95 Å². The number of benzene rings is 2. The van der Waals surface area contributed by atoms with Crippen molar-refractivity contribution < 1.29 is 14.2 Å². The monoisotopic (exact) mass is 513 g/mol. The van der Waals surface area contributed by atoms with Gasteiger partial charge in [-0.05, 0) is 53.9 Å². The zero-order chi connectivity index (χ0) is 26.3. The zero-order valence-electron chi connectivity index (χ0n) is 20.9. The molecule has 0 radical (unpaired) electrons. The summed E-state index contributed by atoms with van der Waals surface area (Å²) in [5.41, 5.74) is 8.11. The number of pyridine rings is 1. The third-order valence-electron chi connectivity index (χ3n) is 6.07. The summed E-state index contributed by atoms with van der Waals surface area (Å²) in [6.07, 6.45) is 3.44. The van der Waals surface area contributed by atoms with Gasteiger partial charge in [-0.25, -0.2) is 19.8 Å². The standard InChI is InChI=1S/C28H28FN7O2/c1-2-25-26(32-21-8-6-19(7-9-21)20-4-3-5-23(37)16-20)11-10-22(33-25)17-31-35-28-30-18-24(29)27(34-28)36-12-14-38-15-13-36/h3-11,16-18,32,37H,2,12-15H2,1H3,(H,30,34,35)/b31-17+. The van der Waals surface area contributed by atoms with Crippen LogP contribution in [0.25, 0.3) is 11.1 Å². The molecule has 0 bridgehead atoms. The molecule has 1 aliphatic rings. The number of morpholine rings is 1. The van der Waals surface area contributed by atoms with E-state index in [1.54, 1.807) is 18.3 Å². The van der Waals surface area contributed by atoms with Crippen molar-refractivity contribution in [3.8, 4) is 16.9 Å². The first-order valence-corrected chi connectivity index (χ1v) is 12.4. The summed E-state index contributed by atoms with van der Waals surface area (Å²) >= 11 is 0.